The number of rotatable bonds is 5. The molecule has 4 aromatic rings. The third kappa shape index (κ3) is 4.95. The van der Waals surface area contributed by atoms with Crippen molar-refractivity contribution >= 4 is 22.4 Å². The van der Waals surface area contributed by atoms with E-state index in [1.165, 1.54) is 18.2 Å². The number of carbonyl (C=O) groups excluding carboxylic acids is 1. The summed E-state index contributed by atoms with van der Waals surface area (Å²) in [7, 11) is 0. The highest BCUT2D eigenvalue weighted by Gasteiger charge is 2.39. The number of halogens is 3. The van der Waals surface area contributed by atoms with Gasteiger partial charge in [0.05, 0.1) is 16.6 Å². The zero-order chi connectivity index (χ0) is 25.4. The largest absolute Gasteiger partial charge is 0.416 e. The first-order chi connectivity index (χ1) is 16.5. The van der Waals surface area contributed by atoms with E-state index in [9.17, 15) is 27.9 Å². The van der Waals surface area contributed by atoms with E-state index in [2.05, 4.69) is 10.5 Å². The highest BCUT2D eigenvalue weighted by molar-refractivity contribution is 6.00. The predicted octanol–water partition coefficient (Wildman–Crippen LogP) is 4.89. The summed E-state index contributed by atoms with van der Waals surface area (Å²) >= 11 is 0. The number of aryl methyl sites for hydroxylation is 2. The van der Waals surface area contributed by atoms with Gasteiger partial charge in [0, 0.05) is 17.5 Å². The number of alkyl halides is 3. The Hall–Kier alpha value is -3.98. The van der Waals surface area contributed by atoms with Crippen molar-refractivity contribution in [2.45, 2.75) is 32.0 Å². The molecule has 0 saturated heterocycles. The number of hydrogen-bond donors (Lipinski definition) is 2. The Bertz CT molecular complexity index is 1450. The van der Waals surface area contributed by atoms with Crippen LogP contribution in [-0.2, 0) is 23.0 Å². The average molecular weight is 482 g/mol. The second kappa shape index (κ2) is 8.99. The molecule has 2 N–H and O–H groups in total. The fourth-order valence-corrected chi connectivity index (χ4v) is 3.79. The number of nitrogens with one attached hydrogen (secondary N) is 1. The second-order valence-electron chi connectivity index (χ2n) is 8.37. The molecule has 1 amide bonds. The van der Waals surface area contributed by atoms with Gasteiger partial charge in [0.25, 0.3) is 5.91 Å². The first-order valence-corrected chi connectivity index (χ1v) is 10.6. The second-order valence-corrected chi connectivity index (χ2v) is 8.37. The Morgan fingerprint density at radius 1 is 0.943 bits per heavy atom. The first kappa shape index (κ1) is 24.2. The number of amides is 1. The summed E-state index contributed by atoms with van der Waals surface area (Å²) in [5, 5.41) is 18.6. The monoisotopic (exact) mass is 482 g/mol. The summed E-state index contributed by atoms with van der Waals surface area (Å²) in [5.74, 6) is -0.842. The number of aliphatic hydroxyl groups is 1. The lowest BCUT2D eigenvalue weighted by atomic mass is 9.85. The summed E-state index contributed by atoms with van der Waals surface area (Å²) in [6, 6.07) is 15.4. The summed E-state index contributed by atoms with van der Waals surface area (Å²) in [5.41, 5.74) is -1.43. The zero-order valence-electron chi connectivity index (χ0n) is 18.8. The van der Waals surface area contributed by atoms with E-state index in [1.807, 2.05) is 19.1 Å². The van der Waals surface area contributed by atoms with Gasteiger partial charge in [-0.05, 0) is 55.3 Å². The predicted molar refractivity (Wildman–Crippen MR) is 124 cm³/mol. The highest BCUT2D eigenvalue weighted by atomic mass is 19.4. The molecule has 0 saturated carbocycles. The van der Waals surface area contributed by atoms with Crippen LogP contribution in [0.4, 0.5) is 18.9 Å². The fourth-order valence-electron chi connectivity index (χ4n) is 3.79. The maximum atomic E-state index is 13.4. The summed E-state index contributed by atoms with van der Waals surface area (Å²) in [6.45, 7) is 3.52. The number of nitrogens with zero attached hydrogens (tertiary/aromatic N) is 1. The van der Waals surface area contributed by atoms with Crippen molar-refractivity contribution in [1.82, 2.24) is 5.16 Å². The van der Waals surface area contributed by atoms with Gasteiger partial charge in [0.1, 0.15) is 0 Å². The average Bonchev–Trinajstić information content (AvgIpc) is 2.82. The van der Waals surface area contributed by atoms with Gasteiger partial charge in [-0.3, -0.25) is 4.79 Å². The van der Waals surface area contributed by atoms with Crippen molar-refractivity contribution in [1.29, 1.82) is 0 Å². The molecule has 0 bridgehead atoms. The van der Waals surface area contributed by atoms with Gasteiger partial charge in [-0.1, -0.05) is 47.1 Å². The Morgan fingerprint density at radius 3 is 2.20 bits per heavy atom. The maximum Gasteiger partial charge on any atom is 0.416 e. The number of fused-ring (bicyclic) bond motifs is 1. The number of hydrogen-bond acceptors (Lipinski definition) is 5. The van der Waals surface area contributed by atoms with Crippen molar-refractivity contribution in [3.05, 3.63) is 105 Å². The fraction of sp³-hybridized carbons (Fsp3) is 0.192. The molecular formula is C26H21F3N2O4. The van der Waals surface area contributed by atoms with Crippen LogP contribution in [0.2, 0.25) is 0 Å². The van der Waals surface area contributed by atoms with Crippen LogP contribution in [0.1, 0.15) is 27.9 Å². The lowest BCUT2D eigenvalue weighted by Gasteiger charge is -2.28. The smallest absolute Gasteiger partial charge is 0.375 e. The minimum Gasteiger partial charge on any atom is -0.375 e. The van der Waals surface area contributed by atoms with Crippen molar-refractivity contribution < 1.29 is 27.6 Å². The van der Waals surface area contributed by atoms with Crippen LogP contribution in [0.25, 0.3) is 10.8 Å². The normalized spacial score (nSPS) is 13.4. The Labute approximate surface area is 198 Å². The van der Waals surface area contributed by atoms with E-state index in [0.29, 0.717) is 16.6 Å². The van der Waals surface area contributed by atoms with E-state index < -0.39 is 28.9 Å². The molecule has 0 fully saturated rings. The van der Waals surface area contributed by atoms with Gasteiger partial charge in [0.2, 0.25) is 0 Å². The Balaban J connectivity index is 1.73. The van der Waals surface area contributed by atoms with Gasteiger partial charge in [-0.15, -0.1) is 0 Å². The minimum absolute atomic E-state index is 0.00264. The molecular weight excluding hydrogens is 461 g/mol. The molecule has 1 aromatic heterocycles. The lowest BCUT2D eigenvalue weighted by molar-refractivity contribution is -0.137. The number of aromatic nitrogens is 1. The highest BCUT2D eigenvalue weighted by Crippen LogP contribution is 2.33. The third-order valence-corrected chi connectivity index (χ3v) is 5.80. The maximum absolute atomic E-state index is 13.4. The van der Waals surface area contributed by atoms with Crippen LogP contribution >= 0.6 is 0 Å². The van der Waals surface area contributed by atoms with Crippen LogP contribution in [-0.4, -0.2) is 16.2 Å². The summed E-state index contributed by atoms with van der Waals surface area (Å²) in [4.78, 5) is 25.3. The van der Waals surface area contributed by atoms with Gasteiger partial charge < -0.3 is 14.9 Å². The van der Waals surface area contributed by atoms with Gasteiger partial charge in [-0.25, -0.2) is 4.79 Å². The van der Waals surface area contributed by atoms with E-state index in [-0.39, 0.29) is 23.1 Å². The molecule has 0 aliphatic carbocycles. The van der Waals surface area contributed by atoms with Gasteiger partial charge in [0.15, 0.2) is 5.60 Å². The van der Waals surface area contributed by atoms with E-state index in [0.717, 1.165) is 29.8 Å². The van der Waals surface area contributed by atoms with Crippen molar-refractivity contribution in [2.24, 2.45) is 0 Å². The van der Waals surface area contributed by atoms with Gasteiger partial charge >= 0.3 is 11.8 Å². The SMILES string of the molecule is Cc1ccc(CC(O)(C(=O)Nc2ccc3c(=O)onc(C)c3c2)c2ccc(C(F)(F)F)cc2)cc1. The van der Waals surface area contributed by atoms with Crippen molar-refractivity contribution in [2.75, 3.05) is 5.32 Å². The molecule has 1 heterocycles. The Morgan fingerprint density at radius 2 is 1.57 bits per heavy atom. The van der Waals surface area contributed by atoms with Crippen molar-refractivity contribution in [3.63, 3.8) is 0 Å². The number of anilines is 1. The van der Waals surface area contributed by atoms with E-state index in [1.54, 1.807) is 19.1 Å². The molecule has 0 spiro atoms. The van der Waals surface area contributed by atoms with E-state index >= 15 is 0 Å². The van der Waals surface area contributed by atoms with Crippen LogP contribution in [0.5, 0.6) is 0 Å². The molecule has 0 aliphatic rings. The molecule has 6 nitrogen and oxygen atoms in total. The molecule has 0 radical (unpaired) electrons. The molecule has 180 valence electrons. The molecule has 4 rings (SSSR count). The summed E-state index contributed by atoms with van der Waals surface area (Å²) < 4.78 is 43.9. The first-order valence-electron chi connectivity index (χ1n) is 10.6. The Kier molecular flexibility index (Phi) is 6.21. The molecule has 9 heteroatoms. The van der Waals surface area contributed by atoms with Crippen LogP contribution in [0.15, 0.2) is 76.0 Å². The van der Waals surface area contributed by atoms with Crippen LogP contribution < -0.4 is 10.9 Å². The lowest BCUT2D eigenvalue weighted by Crippen LogP contribution is -2.42. The molecule has 3 aromatic carbocycles. The minimum atomic E-state index is -4.56. The van der Waals surface area contributed by atoms with Gasteiger partial charge in [-0.2, -0.15) is 13.2 Å². The standard InChI is InChI=1S/C26H21F3N2O4/c1-15-3-5-17(6-4-15)14-25(34,18-7-9-19(10-8-18)26(27,28)29)24(33)30-20-11-12-21-22(13-20)16(2)31-35-23(21)32/h3-13,34H,14H2,1-2H3,(H,30,33). The molecule has 35 heavy (non-hydrogen) atoms. The molecule has 1 unspecified atom stereocenters. The van der Waals surface area contributed by atoms with Crippen molar-refractivity contribution in [3.8, 4) is 0 Å². The number of benzene rings is 3. The molecule has 0 aliphatic heterocycles. The molecule has 1 atom stereocenters. The van der Waals surface area contributed by atoms with E-state index in [4.69, 9.17) is 4.52 Å². The third-order valence-electron chi connectivity index (χ3n) is 5.80. The number of carbonyl (C=O) groups is 1. The topological polar surface area (TPSA) is 92.4 Å². The zero-order valence-corrected chi connectivity index (χ0v) is 18.8. The quantitative estimate of drug-likeness (QED) is 0.423. The van der Waals surface area contributed by atoms with Crippen LogP contribution in [0.3, 0.4) is 0 Å². The summed E-state index contributed by atoms with van der Waals surface area (Å²) in [6.07, 6.45) is -4.73. The van der Waals surface area contributed by atoms with Crippen LogP contribution in [0, 0.1) is 13.8 Å².